The number of ketones is 1. The van der Waals surface area contributed by atoms with Crippen molar-refractivity contribution in [3.8, 4) is 0 Å². The van der Waals surface area contributed by atoms with Crippen LogP contribution in [-0.2, 0) is 18.7 Å². The molecule has 8 heteroatoms. The summed E-state index contributed by atoms with van der Waals surface area (Å²) in [7, 11) is -2.34. The van der Waals surface area contributed by atoms with Crippen molar-refractivity contribution in [1.29, 1.82) is 0 Å². The molecule has 2 unspecified atom stereocenters. The van der Waals surface area contributed by atoms with Gasteiger partial charge in [0, 0.05) is 12.3 Å². The maximum absolute atomic E-state index is 13.7. The third-order valence-corrected chi connectivity index (χ3v) is 12.5. The maximum Gasteiger partial charge on any atom is 0.192 e. The summed E-state index contributed by atoms with van der Waals surface area (Å²) in [5.74, 6) is -3.32. The van der Waals surface area contributed by atoms with E-state index in [1.807, 2.05) is 19.9 Å². The van der Waals surface area contributed by atoms with Crippen molar-refractivity contribution in [1.82, 2.24) is 0 Å². The van der Waals surface area contributed by atoms with Crippen molar-refractivity contribution < 1.29 is 34.0 Å². The monoisotopic (exact) mass is 486 g/mol. The highest BCUT2D eigenvalue weighted by Crippen LogP contribution is 2.51. The lowest BCUT2D eigenvalue weighted by molar-refractivity contribution is -0.258. The SMILES string of the molecule is C/C=C\[C@H](C)[C@H]1OC1(C)[C@@H](O[Si](C)(C)C(C)(C)C)[C@@H](CO)C(=O)[C@@H]1COC(O)(CC)C[C@H]1O. The van der Waals surface area contributed by atoms with Crippen molar-refractivity contribution in [2.75, 3.05) is 13.2 Å². The Morgan fingerprint density at radius 2 is 1.94 bits per heavy atom. The number of rotatable bonds is 10. The molecule has 7 nitrogen and oxygen atoms in total. The number of Topliss-reactive ketones (excluding diaryl/α,β-unsaturated/α-hetero) is 1. The number of carbonyl (C=O) groups excluding carboxylic acids is 1. The molecule has 2 heterocycles. The van der Waals surface area contributed by atoms with Gasteiger partial charge in [0.25, 0.3) is 0 Å². The molecule has 8 atom stereocenters. The fourth-order valence-corrected chi connectivity index (χ4v) is 5.99. The first-order chi connectivity index (χ1) is 15.1. The Morgan fingerprint density at radius 1 is 1.33 bits per heavy atom. The number of aliphatic hydroxyl groups is 3. The predicted octanol–water partition coefficient (Wildman–Crippen LogP) is 3.42. The molecule has 2 aliphatic heterocycles. The molecule has 0 aromatic rings. The third-order valence-electron chi connectivity index (χ3n) is 8.02. The Hall–Kier alpha value is -0.613. The summed E-state index contributed by atoms with van der Waals surface area (Å²) < 4.78 is 18.5. The Labute approximate surface area is 200 Å². The summed E-state index contributed by atoms with van der Waals surface area (Å²) in [4.78, 5) is 13.7. The smallest absolute Gasteiger partial charge is 0.192 e. The normalized spacial score (nSPS) is 35.9. The third kappa shape index (κ3) is 5.97. The molecule has 2 fully saturated rings. The first-order valence-corrected chi connectivity index (χ1v) is 15.1. The Morgan fingerprint density at radius 3 is 2.39 bits per heavy atom. The van der Waals surface area contributed by atoms with Crippen molar-refractivity contribution in [3.63, 3.8) is 0 Å². The van der Waals surface area contributed by atoms with E-state index < -0.39 is 50.4 Å². The molecule has 2 rings (SSSR count). The van der Waals surface area contributed by atoms with E-state index in [1.54, 1.807) is 6.92 Å². The first kappa shape index (κ1) is 28.6. The van der Waals surface area contributed by atoms with Crippen LogP contribution < -0.4 is 0 Å². The summed E-state index contributed by atoms with van der Waals surface area (Å²) in [5.41, 5.74) is -0.734. The van der Waals surface area contributed by atoms with Crippen LogP contribution in [0.5, 0.6) is 0 Å². The van der Waals surface area contributed by atoms with E-state index in [9.17, 15) is 20.1 Å². The van der Waals surface area contributed by atoms with Gasteiger partial charge in [0.15, 0.2) is 14.1 Å². The lowest BCUT2D eigenvalue weighted by Crippen LogP contribution is -2.56. The van der Waals surface area contributed by atoms with E-state index in [-0.39, 0.29) is 35.9 Å². The zero-order chi connectivity index (χ0) is 25.4. The highest BCUT2D eigenvalue weighted by molar-refractivity contribution is 6.74. The van der Waals surface area contributed by atoms with E-state index in [1.165, 1.54) is 0 Å². The first-order valence-electron chi connectivity index (χ1n) is 12.2. The predicted molar refractivity (Wildman–Crippen MR) is 130 cm³/mol. The zero-order valence-electron chi connectivity index (χ0n) is 21.9. The lowest BCUT2D eigenvalue weighted by atomic mass is 9.78. The molecule has 0 saturated carbocycles. The standard InChI is InChI=1S/C25H46O7Si/c1-10-12-16(3)21-24(7,31-21)22(32-33(8,9)23(4,5)6)17(14-26)20(28)18-15-30-25(29,11-2)13-19(18)27/h10,12,16-19,21-22,26-27,29H,11,13-15H2,1-9H3/b12-10-/t16-,17-,18+,19+,21+,22-,24?,25?/m0/s1. The van der Waals surface area contributed by atoms with E-state index in [4.69, 9.17) is 13.9 Å². The van der Waals surface area contributed by atoms with Gasteiger partial charge in [0.05, 0.1) is 43.4 Å². The number of hydrogen-bond acceptors (Lipinski definition) is 7. The fourth-order valence-electron chi connectivity index (χ4n) is 4.61. The Kier molecular flexibility index (Phi) is 8.82. The molecule has 0 spiro atoms. The second kappa shape index (κ2) is 10.2. The minimum atomic E-state index is -2.34. The molecule has 3 N–H and O–H groups in total. The van der Waals surface area contributed by atoms with Gasteiger partial charge in [-0.2, -0.15) is 0 Å². The topological polar surface area (TPSA) is 109 Å². The van der Waals surface area contributed by atoms with E-state index in [2.05, 4.69) is 46.9 Å². The lowest BCUT2D eigenvalue weighted by Gasteiger charge is -2.44. The molecule has 0 aliphatic carbocycles. The molecule has 0 radical (unpaired) electrons. The molecule has 0 aromatic heterocycles. The highest BCUT2D eigenvalue weighted by Gasteiger charge is 2.64. The van der Waals surface area contributed by atoms with Gasteiger partial charge in [-0.15, -0.1) is 0 Å². The van der Waals surface area contributed by atoms with Crippen LogP contribution in [0.1, 0.15) is 61.3 Å². The molecular formula is C25H46O7Si. The van der Waals surface area contributed by atoms with Crippen molar-refractivity contribution in [3.05, 3.63) is 12.2 Å². The van der Waals surface area contributed by atoms with E-state index in [0.29, 0.717) is 6.42 Å². The number of epoxide rings is 1. The van der Waals surface area contributed by atoms with Gasteiger partial charge in [0.1, 0.15) is 11.4 Å². The minimum Gasteiger partial charge on any atom is -0.410 e. The van der Waals surface area contributed by atoms with Gasteiger partial charge in [0.2, 0.25) is 0 Å². The van der Waals surface area contributed by atoms with Gasteiger partial charge >= 0.3 is 0 Å². The van der Waals surface area contributed by atoms with E-state index in [0.717, 1.165) is 0 Å². The molecule has 0 amide bonds. The summed E-state index contributed by atoms with van der Waals surface area (Å²) in [6.07, 6.45) is 2.48. The molecule has 0 aromatic carbocycles. The van der Waals surface area contributed by atoms with Gasteiger partial charge < -0.3 is 29.2 Å². The van der Waals surface area contributed by atoms with Crippen LogP contribution in [0.4, 0.5) is 0 Å². The fraction of sp³-hybridized carbons (Fsp3) is 0.880. The molecule has 192 valence electrons. The number of allylic oxidation sites excluding steroid dienone is 1. The summed E-state index contributed by atoms with van der Waals surface area (Å²) in [6.45, 7) is 17.9. The average molecular weight is 487 g/mol. The molecule has 0 bridgehead atoms. The van der Waals surface area contributed by atoms with Crippen LogP contribution in [0.15, 0.2) is 12.2 Å². The second-order valence-electron chi connectivity index (χ2n) is 11.6. The zero-order valence-corrected chi connectivity index (χ0v) is 22.9. The molecular weight excluding hydrogens is 440 g/mol. The minimum absolute atomic E-state index is 0.0411. The van der Waals surface area contributed by atoms with Crippen LogP contribution >= 0.6 is 0 Å². The van der Waals surface area contributed by atoms with Crippen molar-refractivity contribution in [2.45, 2.75) is 109 Å². The van der Waals surface area contributed by atoms with Crippen LogP contribution in [0.2, 0.25) is 18.1 Å². The molecule has 33 heavy (non-hydrogen) atoms. The van der Waals surface area contributed by atoms with Crippen molar-refractivity contribution in [2.24, 2.45) is 17.8 Å². The quantitative estimate of drug-likeness (QED) is 0.247. The van der Waals surface area contributed by atoms with E-state index >= 15 is 0 Å². The van der Waals surface area contributed by atoms with Gasteiger partial charge in [-0.05, 0) is 38.4 Å². The number of hydrogen-bond donors (Lipinski definition) is 3. The second-order valence-corrected chi connectivity index (χ2v) is 16.3. The number of ether oxygens (including phenoxy) is 2. The van der Waals surface area contributed by atoms with Gasteiger partial charge in [-0.3, -0.25) is 4.79 Å². The van der Waals surface area contributed by atoms with Crippen LogP contribution in [0.3, 0.4) is 0 Å². The Balaban J connectivity index is 2.37. The highest BCUT2D eigenvalue weighted by atomic mass is 28.4. The Bertz CT molecular complexity index is 718. The number of aliphatic hydroxyl groups excluding tert-OH is 2. The summed E-state index contributed by atoms with van der Waals surface area (Å²) >= 11 is 0. The molecule has 2 saturated heterocycles. The van der Waals surface area contributed by atoms with Gasteiger partial charge in [-0.1, -0.05) is 46.8 Å². The number of carbonyl (C=O) groups is 1. The van der Waals surface area contributed by atoms with Crippen LogP contribution in [0.25, 0.3) is 0 Å². The average Bonchev–Trinajstić information content (AvgIpc) is 3.40. The largest absolute Gasteiger partial charge is 0.410 e. The maximum atomic E-state index is 13.7. The van der Waals surface area contributed by atoms with Crippen LogP contribution in [0, 0.1) is 17.8 Å². The summed E-state index contributed by atoms with van der Waals surface area (Å²) in [5, 5.41) is 31.4. The summed E-state index contributed by atoms with van der Waals surface area (Å²) in [6, 6.07) is 0. The van der Waals surface area contributed by atoms with Crippen LogP contribution in [-0.4, -0.2) is 72.3 Å². The van der Waals surface area contributed by atoms with Gasteiger partial charge in [-0.25, -0.2) is 0 Å². The molecule has 2 aliphatic rings. The van der Waals surface area contributed by atoms with Crippen molar-refractivity contribution >= 4 is 14.1 Å².